The summed E-state index contributed by atoms with van der Waals surface area (Å²) in [4.78, 5) is 12.4. The molecule has 158 valence electrons. The van der Waals surface area contributed by atoms with Crippen molar-refractivity contribution in [1.29, 1.82) is 0 Å². The van der Waals surface area contributed by atoms with Gasteiger partial charge in [-0.2, -0.15) is 5.10 Å². The standard InChI is InChI=1S/C20H20ClN3O5S/c1-14-18(19(21)24(23-14)13-15-5-3-2-4-6-15)20(25)29-12-11-28-16-7-9-17(10-8-16)30(22,26)27/h2-10H,11-13H2,1H3,(H2,22,26,27). The Bertz CT molecular complexity index is 1130. The maximum absolute atomic E-state index is 12.4. The van der Waals surface area contributed by atoms with Gasteiger partial charge in [-0.15, -0.1) is 0 Å². The summed E-state index contributed by atoms with van der Waals surface area (Å²) in [6, 6.07) is 15.2. The van der Waals surface area contributed by atoms with Crippen molar-refractivity contribution < 1.29 is 22.7 Å². The first-order chi connectivity index (χ1) is 14.3. The molecule has 0 spiro atoms. The second-order valence-corrected chi connectivity index (χ2v) is 8.31. The highest BCUT2D eigenvalue weighted by molar-refractivity contribution is 7.89. The van der Waals surface area contributed by atoms with E-state index in [1.807, 2.05) is 30.3 Å². The molecule has 0 aliphatic heterocycles. The molecule has 0 unspecified atom stereocenters. The van der Waals surface area contributed by atoms with Crippen molar-refractivity contribution in [3.63, 3.8) is 0 Å². The third-order valence-electron chi connectivity index (χ3n) is 4.18. The number of hydrogen-bond donors (Lipinski definition) is 1. The van der Waals surface area contributed by atoms with E-state index in [1.54, 1.807) is 11.6 Å². The lowest BCUT2D eigenvalue weighted by Crippen LogP contribution is -2.14. The van der Waals surface area contributed by atoms with Gasteiger partial charge in [0.2, 0.25) is 10.0 Å². The van der Waals surface area contributed by atoms with Crippen molar-refractivity contribution in [3.05, 3.63) is 76.6 Å². The first-order valence-electron chi connectivity index (χ1n) is 8.95. The average molecular weight is 450 g/mol. The van der Waals surface area contributed by atoms with Gasteiger partial charge in [-0.05, 0) is 36.8 Å². The molecule has 0 radical (unpaired) electrons. The number of ether oxygens (including phenoxy) is 2. The minimum atomic E-state index is -3.76. The number of nitrogens with two attached hydrogens (primary N) is 1. The van der Waals surface area contributed by atoms with Gasteiger partial charge in [0, 0.05) is 0 Å². The molecular formula is C20H20ClN3O5S. The molecule has 3 aromatic rings. The highest BCUT2D eigenvalue weighted by Gasteiger charge is 2.21. The molecule has 0 fully saturated rings. The van der Waals surface area contributed by atoms with Crippen LogP contribution in [-0.4, -0.2) is 37.4 Å². The van der Waals surface area contributed by atoms with Crippen molar-refractivity contribution in [2.45, 2.75) is 18.4 Å². The number of aromatic nitrogens is 2. The summed E-state index contributed by atoms with van der Waals surface area (Å²) in [6.45, 7) is 2.18. The first kappa shape index (κ1) is 21.8. The number of primary sulfonamides is 1. The number of carbonyl (C=O) groups excluding carboxylic acids is 1. The van der Waals surface area contributed by atoms with Crippen LogP contribution in [0.25, 0.3) is 0 Å². The van der Waals surface area contributed by atoms with E-state index in [0.29, 0.717) is 18.0 Å². The Hall–Kier alpha value is -2.88. The van der Waals surface area contributed by atoms with E-state index >= 15 is 0 Å². The quantitative estimate of drug-likeness (QED) is 0.418. The minimum Gasteiger partial charge on any atom is -0.490 e. The van der Waals surface area contributed by atoms with E-state index in [4.69, 9.17) is 26.2 Å². The summed E-state index contributed by atoms with van der Waals surface area (Å²) in [5.41, 5.74) is 1.69. The van der Waals surface area contributed by atoms with E-state index in [1.165, 1.54) is 24.3 Å². The van der Waals surface area contributed by atoms with E-state index in [2.05, 4.69) is 5.10 Å². The summed E-state index contributed by atoms with van der Waals surface area (Å²) >= 11 is 6.34. The Labute approximate surface area is 179 Å². The van der Waals surface area contributed by atoms with Crippen LogP contribution in [0, 0.1) is 6.92 Å². The van der Waals surface area contributed by atoms with Crippen molar-refractivity contribution in [3.8, 4) is 5.75 Å². The van der Waals surface area contributed by atoms with Crippen LogP contribution in [-0.2, 0) is 21.3 Å². The van der Waals surface area contributed by atoms with Gasteiger partial charge in [0.05, 0.1) is 17.1 Å². The molecule has 2 N–H and O–H groups in total. The fraction of sp³-hybridized carbons (Fsp3) is 0.200. The largest absolute Gasteiger partial charge is 0.490 e. The second-order valence-electron chi connectivity index (χ2n) is 6.40. The average Bonchev–Trinajstić information content (AvgIpc) is 2.98. The van der Waals surface area contributed by atoms with Gasteiger partial charge < -0.3 is 9.47 Å². The third kappa shape index (κ3) is 5.38. The van der Waals surface area contributed by atoms with Crippen LogP contribution in [0.2, 0.25) is 5.15 Å². The zero-order valence-electron chi connectivity index (χ0n) is 16.1. The van der Waals surface area contributed by atoms with E-state index in [9.17, 15) is 13.2 Å². The van der Waals surface area contributed by atoms with Crippen LogP contribution in [0.15, 0.2) is 59.5 Å². The van der Waals surface area contributed by atoms with Gasteiger partial charge in [-0.1, -0.05) is 41.9 Å². The number of halogens is 1. The summed E-state index contributed by atoms with van der Waals surface area (Å²) in [7, 11) is -3.76. The van der Waals surface area contributed by atoms with Crippen LogP contribution in [0.1, 0.15) is 21.6 Å². The lowest BCUT2D eigenvalue weighted by atomic mass is 10.2. The molecule has 3 rings (SSSR count). The van der Waals surface area contributed by atoms with Crippen LogP contribution < -0.4 is 9.88 Å². The molecule has 1 aromatic heterocycles. The molecule has 2 aromatic carbocycles. The molecular weight excluding hydrogens is 430 g/mol. The molecule has 1 heterocycles. The Morgan fingerprint density at radius 2 is 1.77 bits per heavy atom. The molecule has 0 bridgehead atoms. The van der Waals surface area contributed by atoms with E-state index in [-0.39, 0.29) is 28.8 Å². The maximum atomic E-state index is 12.4. The number of aryl methyl sites for hydroxylation is 1. The van der Waals surface area contributed by atoms with Crippen molar-refractivity contribution in [2.24, 2.45) is 5.14 Å². The summed E-state index contributed by atoms with van der Waals surface area (Å²) in [6.07, 6.45) is 0. The Kier molecular flexibility index (Phi) is 6.76. The number of hydrogen-bond acceptors (Lipinski definition) is 6. The number of benzene rings is 2. The summed E-state index contributed by atoms with van der Waals surface area (Å²) in [5, 5.41) is 9.58. The lowest BCUT2D eigenvalue weighted by Gasteiger charge is -2.08. The second kappa shape index (κ2) is 9.29. The van der Waals surface area contributed by atoms with Crippen molar-refractivity contribution in [2.75, 3.05) is 13.2 Å². The Morgan fingerprint density at radius 1 is 1.10 bits per heavy atom. The van der Waals surface area contributed by atoms with Gasteiger partial charge in [0.1, 0.15) is 29.7 Å². The van der Waals surface area contributed by atoms with Crippen LogP contribution in [0.5, 0.6) is 5.75 Å². The molecule has 0 aliphatic rings. The zero-order valence-corrected chi connectivity index (χ0v) is 17.7. The smallest absolute Gasteiger partial charge is 0.343 e. The van der Waals surface area contributed by atoms with Crippen LogP contribution >= 0.6 is 11.6 Å². The first-order valence-corrected chi connectivity index (χ1v) is 10.9. The monoisotopic (exact) mass is 449 g/mol. The number of sulfonamides is 1. The van der Waals surface area contributed by atoms with E-state index in [0.717, 1.165) is 5.56 Å². The predicted molar refractivity (Wildman–Crippen MR) is 111 cm³/mol. The lowest BCUT2D eigenvalue weighted by molar-refractivity contribution is 0.0449. The molecule has 0 saturated carbocycles. The van der Waals surface area contributed by atoms with E-state index < -0.39 is 16.0 Å². The van der Waals surface area contributed by atoms with Gasteiger partial charge in [0.15, 0.2) is 0 Å². The Morgan fingerprint density at radius 3 is 2.40 bits per heavy atom. The molecule has 10 heteroatoms. The van der Waals surface area contributed by atoms with Gasteiger partial charge in [-0.25, -0.2) is 23.0 Å². The zero-order chi connectivity index (χ0) is 21.7. The number of nitrogens with zero attached hydrogens (tertiary/aromatic N) is 2. The van der Waals surface area contributed by atoms with Crippen LogP contribution in [0.4, 0.5) is 0 Å². The van der Waals surface area contributed by atoms with Gasteiger partial charge in [-0.3, -0.25) is 0 Å². The minimum absolute atomic E-state index is 0.0149. The molecule has 0 aliphatic carbocycles. The number of esters is 1. The van der Waals surface area contributed by atoms with Crippen LogP contribution in [0.3, 0.4) is 0 Å². The number of carbonyl (C=O) groups is 1. The molecule has 8 nitrogen and oxygen atoms in total. The fourth-order valence-electron chi connectivity index (χ4n) is 2.74. The summed E-state index contributed by atoms with van der Waals surface area (Å²) in [5.74, 6) is -0.173. The summed E-state index contributed by atoms with van der Waals surface area (Å²) < 4.78 is 34.7. The van der Waals surface area contributed by atoms with Gasteiger partial charge in [0.25, 0.3) is 0 Å². The molecule has 0 saturated heterocycles. The maximum Gasteiger partial charge on any atom is 0.343 e. The Balaban J connectivity index is 1.55. The number of rotatable bonds is 8. The highest BCUT2D eigenvalue weighted by Crippen LogP contribution is 2.22. The highest BCUT2D eigenvalue weighted by atomic mass is 35.5. The molecule has 30 heavy (non-hydrogen) atoms. The van der Waals surface area contributed by atoms with Crippen molar-refractivity contribution >= 4 is 27.6 Å². The van der Waals surface area contributed by atoms with Gasteiger partial charge >= 0.3 is 5.97 Å². The SMILES string of the molecule is Cc1nn(Cc2ccccc2)c(Cl)c1C(=O)OCCOc1ccc(S(N)(=O)=O)cc1. The molecule has 0 amide bonds. The predicted octanol–water partition coefficient (Wildman–Crippen LogP) is 2.78. The molecule has 0 atom stereocenters. The normalized spacial score (nSPS) is 11.3. The third-order valence-corrected chi connectivity index (χ3v) is 5.50. The topological polar surface area (TPSA) is 114 Å². The van der Waals surface area contributed by atoms with Crippen molar-refractivity contribution in [1.82, 2.24) is 9.78 Å². The fourth-order valence-corrected chi connectivity index (χ4v) is 3.56.